The van der Waals surface area contributed by atoms with Gasteiger partial charge in [0.1, 0.15) is 5.01 Å². The van der Waals surface area contributed by atoms with Crippen LogP contribution in [0.4, 0.5) is 0 Å². The molecular weight excluding hydrogens is 396 g/mol. The molecule has 0 unspecified atom stereocenters. The van der Waals surface area contributed by atoms with Crippen LogP contribution >= 0.6 is 34.7 Å². The van der Waals surface area contributed by atoms with Crippen molar-refractivity contribution < 1.29 is 0 Å². The van der Waals surface area contributed by atoms with Crippen LogP contribution in [0.3, 0.4) is 0 Å². The highest BCUT2D eigenvalue weighted by molar-refractivity contribution is 7.98. The summed E-state index contributed by atoms with van der Waals surface area (Å²) in [6.45, 7) is 2.09. The van der Waals surface area contributed by atoms with Gasteiger partial charge in [-0.15, -0.1) is 21.5 Å². The molecule has 0 spiro atoms. The number of halogens is 1. The van der Waals surface area contributed by atoms with E-state index in [2.05, 4.69) is 34.6 Å². The van der Waals surface area contributed by atoms with Crippen molar-refractivity contribution in [1.82, 2.24) is 19.7 Å². The monoisotopic (exact) mass is 412 g/mol. The topological polar surface area (TPSA) is 43.6 Å². The van der Waals surface area contributed by atoms with Crippen LogP contribution in [0.1, 0.15) is 11.3 Å². The first-order valence-corrected chi connectivity index (χ1v) is 10.7. The normalized spacial score (nSPS) is 11.1. The fourth-order valence-corrected chi connectivity index (χ4v) is 4.82. The maximum atomic E-state index is 6.28. The standard InChI is InChI=1S/C20H17ClN4S2/c1-13-7-3-4-8-15(13)18-23-24-20(25(18)2)27-12-14-11-26-19(22-14)16-9-5-6-10-17(16)21/h3-11H,12H2,1-2H3. The second kappa shape index (κ2) is 7.84. The molecule has 2 heterocycles. The van der Waals surface area contributed by atoms with E-state index in [9.17, 15) is 0 Å². The fourth-order valence-electron chi connectivity index (χ4n) is 2.77. The number of thioether (sulfide) groups is 1. The highest BCUT2D eigenvalue weighted by atomic mass is 35.5. The molecule has 7 heteroatoms. The largest absolute Gasteiger partial charge is 0.305 e. The van der Waals surface area contributed by atoms with Crippen LogP contribution in [0.5, 0.6) is 0 Å². The summed E-state index contributed by atoms with van der Waals surface area (Å²) in [4.78, 5) is 4.72. The lowest BCUT2D eigenvalue weighted by molar-refractivity contribution is 0.793. The number of rotatable bonds is 5. The molecule has 136 valence electrons. The summed E-state index contributed by atoms with van der Waals surface area (Å²) < 4.78 is 2.04. The molecule has 0 fully saturated rings. The van der Waals surface area contributed by atoms with Crippen molar-refractivity contribution in [2.45, 2.75) is 17.8 Å². The van der Waals surface area contributed by atoms with Gasteiger partial charge in [0.05, 0.1) is 10.7 Å². The number of aromatic nitrogens is 4. The molecule has 0 aliphatic heterocycles. The van der Waals surface area contributed by atoms with Crippen molar-refractivity contribution in [2.24, 2.45) is 7.05 Å². The van der Waals surface area contributed by atoms with E-state index in [1.54, 1.807) is 23.1 Å². The van der Waals surface area contributed by atoms with Crippen LogP contribution in [0, 0.1) is 6.92 Å². The van der Waals surface area contributed by atoms with E-state index in [0.717, 1.165) is 43.6 Å². The number of nitrogens with zero attached hydrogens (tertiary/aromatic N) is 4. The maximum Gasteiger partial charge on any atom is 0.191 e. The third-order valence-electron chi connectivity index (χ3n) is 4.23. The van der Waals surface area contributed by atoms with Crippen LogP contribution in [-0.2, 0) is 12.8 Å². The molecule has 0 aliphatic rings. The minimum Gasteiger partial charge on any atom is -0.305 e. The van der Waals surface area contributed by atoms with E-state index in [0.29, 0.717) is 0 Å². The van der Waals surface area contributed by atoms with E-state index in [4.69, 9.17) is 16.6 Å². The molecule has 2 aromatic heterocycles. The Bertz CT molecular complexity index is 1090. The van der Waals surface area contributed by atoms with Crippen LogP contribution in [0.2, 0.25) is 5.02 Å². The fraction of sp³-hybridized carbons (Fsp3) is 0.150. The Labute approximate surface area is 171 Å². The molecule has 4 nitrogen and oxygen atoms in total. The zero-order chi connectivity index (χ0) is 18.8. The Kier molecular flexibility index (Phi) is 5.29. The van der Waals surface area contributed by atoms with Crippen molar-refractivity contribution in [2.75, 3.05) is 0 Å². The lowest BCUT2D eigenvalue weighted by Gasteiger charge is -2.05. The highest BCUT2D eigenvalue weighted by Gasteiger charge is 2.14. The van der Waals surface area contributed by atoms with Gasteiger partial charge in [-0.1, -0.05) is 65.8 Å². The van der Waals surface area contributed by atoms with Crippen molar-refractivity contribution in [1.29, 1.82) is 0 Å². The van der Waals surface area contributed by atoms with Gasteiger partial charge >= 0.3 is 0 Å². The molecule has 0 aliphatic carbocycles. The predicted octanol–water partition coefficient (Wildman–Crippen LogP) is 5.86. The molecular formula is C20H17ClN4S2. The number of benzene rings is 2. The number of hydrogen-bond acceptors (Lipinski definition) is 5. The summed E-state index contributed by atoms with van der Waals surface area (Å²) in [5.41, 5.74) is 4.28. The van der Waals surface area contributed by atoms with Crippen LogP contribution in [-0.4, -0.2) is 19.7 Å². The first-order chi connectivity index (χ1) is 13.1. The van der Waals surface area contributed by atoms with E-state index in [1.165, 1.54) is 5.56 Å². The van der Waals surface area contributed by atoms with E-state index in [-0.39, 0.29) is 0 Å². The van der Waals surface area contributed by atoms with Crippen LogP contribution < -0.4 is 0 Å². The van der Waals surface area contributed by atoms with Gasteiger partial charge in [0.2, 0.25) is 0 Å². The number of aryl methyl sites for hydroxylation is 1. The van der Waals surface area contributed by atoms with Gasteiger partial charge in [0.15, 0.2) is 11.0 Å². The molecule has 0 N–H and O–H groups in total. The first kappa shape index (κ1) is 18.2. The summed E-state index contributed by atoms with van der Waals surface area (Å²) in [6.07, 6.45) is 0. The number of thiazole rings is 1. The second-order valence-corrected chi connectivity index (χ2v) is 8.30. The molecule has 2 aromatic carbocycles. The molecule has 0 saturated heterocycles. The van der Waals surface area contributed by atoms with Crippen molar-refractivity contribution >= 4 is 34.7 Å². The lowest BCUT2D eigenvalue weighted by atomic mass is 10.1. The number of hydrogen-bond donors (Lipinski definition) is 0. The summed E-state index contributed by atoms with van der Waals surface area (Å²) in [7, 11) is 2.00. The highest BCUT2D eigenvalue weighted by Crippen LogP contribution is 2.32. The maximum absolute atomic E-state index is 6.28. The molecule has 0 amide bonds. The SMILES string of the molecule is Cc1ccccc1-c1nnc(SCc2csc(-c3ccccc3Cl)n2)n1C. The predicted molar refractivity (Wildman–Crippen MR) is 113 cm³/mol. The Hall–Kier alpha value is -2.15. The quantitative estimate of drug-likeness (QED) is 0.385. The molecule has 27 heavy (non-hydrogen) atoms. The molecule has 0 saturated carbocycles. The van der Waals surface area contributed by atoms with E-state index < -0.39 is 0 Å². The summed E-state index contributed by atoms with van der Waals surface area (Å²) in [6, 6.07) is 16.0. The van der Waals surface area contributed by atoms with Gasteiger partial charge in [0.25, 0.3) is 0 Å². The third-order valence-corrected chi connectivity index (χ3v) is 6.53. The summed E-state index contributed by atoms with van der Waals surface area (Å²) in [5.74, 6) is 1.62. The molecule has 0 atom stereocenters. The van der Waals surface area contributed by atoms with Gasteiger partial charge in [-0.05, 0) is 18.6 Å². The van der Waals surface area contributed by atoms with Gasteiger partial charge in [-0.3, -0.25) is 0 Å². The van der Waals surface area contributed by atoms with Gasteiger partial charge in [0, 0.05) is 29.3 Å². The minimum absolute atomic E-state index is 0.724. The molecule has 0 radical (unpaired) electrons. The Balaban J connectivity index is 1.51. The van der Waals surface area contributed by atoms with Crippen LogP contribution in [0.15, 0.2) is 59.1 Å². The van der Waals surface area contributed by atoms with E-state index in [1.807, 2.05) is 48.0 Å². The zero-order valence-electron chi connectivity index (χ0n) is 14.9. The Morgan fingerprint density at radius 2 is 1.78 bits per heavy atom. The van der Waals surface area contributed by atoms with Gasteiger partial charge in [-0.25, -0.2) is 4.98 Å². The Morgan fingerprint density at radius 3 is 2.56 bits per heavy atom. The first-order valence-electron chi connectivity index (χ1n) is 8.41. The third kappa shape index (κ3) is 3.78. The molecule has 4 aromatic rings. The van der Waals surface area contributed by atoms with Crippen molar-refractivity contribution in [3.8, 4) is 22.0 Å². The average molecular weight is 413 g/mol. The minimum atomic E-state index is 0.724. The molecule has 4 rings (SSSR count). The Morgan fingerprint density at radius 1 is 1.04 bits per heavy atom. The van der Waals surface area contributed by atoms with Crippen LogP contribution in [0.25, 0.3) is 22.0 Å². The van der Waals surface area contributed by atoms with Gasteiger partial charge < -0.3 is 4.57 Å². The van der Waals surface area contributed by atoms with Crippen molar-refractivity contribution in [3.05, 3.63) is 70.2 Å². The van der Waals surface area contributed by atoms with Crippen molar-refractivity contribution in [3.63, 3.8) is 0 Å². The second-order valence-electron chi connectivity index (χ2n) is 6.09. The average Bonchev–Trinajstić information content (AvgIpc) is 3.28. The summed E-state index contributed by atoms with van der Waals surface area (Å²) >= 11 is 9.52. The smallest absolute Gasteiger partial charge is 0.191 e. The summed E-state index contributed by atoms with van der Waals surface area (Å²) in [5, 5.41) is 13.4. The lowest BCUT2D eigenvalue weighted by Crippen LogP contribution is -1.96. The van der Waals surface area contributed by atoms with E-state index >= 15 is 0 Å². The van der Waals surface area contributed by atoms with Gasteiger partial charge in [-0.2, -0.15) is 0 Å². The molecule has 0 bridgehead atoms. The zero-order valence-corrected chi connectivity index (χ0v) is 17.3.